The van der Waals surface area contributed by atoms with E-state index in [0.29, 0.717) is 49.4 Å². The van der Waals surface area contributed by atoms with Crippen LogP contribution in [0.4, 0.5) is 14.5 Å². The van der Waals surface area contributed by atoms with Gasteiger partial charge >= 0.3 is 0 Å². The van der Waals surface area contributed by atoms with Gasteiger partial charge in [0.05, 0.1) is 0 Å². The molecule has 4 atom stereocenters. The van der Waals surface area contributed by atoms with Crippen molar-refractivity contribution >= 4 is 18.2 Å². The molecule has 1 aliphatic heterocycles. The summed E-state index contributed by atoms with van der Waals surface area (Å²) >= 11 is 0. The van der Waals surface area contributed by atoms with Crippen molar-refractivity contribution < 1.29 is 13.5 Å². The fraction of sp³-hybridized carbons (Fsp3) is 0.405. The highest BCUT2D eigenvalue weighted by Gasteiger charge is 2.45. The smallest absolute Gasteiger partial charge is 0.132 e. The Morgan fingerprint density at radius 2 is 1.73 bits per heavy atom. The van der Waals surface area contributed by atoms with Crippen molar-refractivity contribution in [1.82, 2.24) is 4.90 Å². The highest BCUT2D eigenvalue weighted by Crippen LogP contribution is 2.43. The zero-order chi connectivity index (χ0) is 30.9. The normalized spacial score (nSPS) is 21.6. The minimum atomic E-state index is -0.978. The van der Waals surface area contributed by atoms with Crippen LogP contribution in [0.5, 0.6) is 0 Å². The molecule has 3 aromatic rings. The maximum Gasteiger partial charge on any atom is 0.132 e. The fourth-order valence-electron chi connectivity index (χ4n) is 7.11. The van der Waals surface area contributed by atoms with Gasteiger partial charge in [0.25, 0.3) is 0 Å². The molecule has 0 aromatic heterocycles. The second kappa shape index (κ2) is 14.9. The van der Waals surface area contributed by atoms with Crippen molar-refractivity contribution in [2.24, 2.45) is 21.8 Å². The molecular formula is C37H44F2N4O. The van der Waals surface area contributed by atoms with E-state index in [2.05, 4.69) is 75.3 Å². The minimum absolute atomic E-state index is 0.376. The summed E-state index contributed by atoms with van der Waals surface area (Å²) in [6.07, 6.45) is 7.30. The Bertz CT molecular complexity index is 1430. The molecule has 232 valence electrons. The van der Waals surface area contributed by atoms with E-state index < -0.39 is 17.2 Å². The second-order valence-corrected chi connectivity index (χ2v) is 12.3. The van der Waals surface area contributed by atoms with Crippen molar-refractivity contribution in [3.63, 3.8) is 0 Å². The first kappa shape index (κ1) is 31.7. The minimum Gasteiger partial charge on any atom is -0.382 e. The number of ether oxygens (including phenoxy) is 1. The summed E-state index contributed by atoms with van der Waals surface area (Å²) in [5.41, 5.74) is 4.06. The van der Waals surface area contributed by atoms with E-state index in [9.17, 15) is 4.39 Å². The lowest BCUT2D eigenvalue weighted by molar-refractivity contribution is -0.0665. The summed E-state index contributed by atoms with van der Waals surface area (Å²) in [7, 11) is 1.66. The van der Waals surface area contributed by atoms with E-state index >= 15 is 4.39 Å². The van der Waals surface area contributed by atoms with Gasteiger partial charge in [0, 0.05) is 75.7 Å². The molecule has 44 heavy (non-hydrogen) atoms. The van der Waals surface area contributed by atoms with E-state index in [-0.39, 0.29) is 0 Å². The molecule has 0 bridgehead atoms. The Labute approximate surface area is 260 Å². The van der Waals surface area contributed by atoms with Crippen LogP contribution >= 0.6 is 0 Å². The van der Waals surface area contributed by atoms with Crippen molar-refractivity contribution in [1.29, 1.82) is 0 Å². The number of hydrogen-bond acceptors (Lipinski definition) is 4. The topological polar surface area (TPSA) is 49.2 Å². The summed E-state index contributed by atoms with van der Waals surface area (Å²) in [6.45, 7) is 8.95. The van der Waals surface area contributed by atoms with Crippen LogP contribution in [-0.2, 0) is 16.8 Å². The average Bonchev–Trinajstić information content (AvgIpc) is 3.54. The van der Waals surface area contributed by atoms with Gasteiger partial charge in [-0.05, 0) is 67.3 Å². The van der Waals surface area contributed by atoms with Gasteiger partial charge < -0.3 is 10.1 Å². The van der Waals surface area contributed by atoms with Crippen LogP contribution in [-0.4, -0.2) is 56.8 Å². The van der Waals surface area contributed by atoms with E-state index in [0.717, 1.165) is 49.7 Å². The zero-order valence-electron chi connectivity index (χ0n) is 25.9. The number of nitrogens with one attached hydrogen (secondary N) is 1. The summed E-state index contributed by atoms with van der Waals surface area (Å²) in [4.78, 5) is 10.4. The highest BCUT2D eigenvalue weighted by molar-refractivity contribution is 5.73. The van der Waals surface area contributed by atoms with Crippen molar-refractivity contribution in [3.05, 3.63) is 113 Å². The predicted octanol–water partition coefficient (Wildman–Crippen LogP) is 7.68. The number of nitrogens with zero attached hydrogens (tertiary/aromatic N) is 3. The van der Waals surface area contributed by atoms with Crippen molar-refractivity contribution in [2.45, 2.75) is 50.7 Å². The Morgan fingerprint density at radius 3 is 2.39 bits per heavy atom. The maximum atomic E-state index is 15.3. The molecule has 2 unspecified atom stereocenters. The van der Waals surface area contributed by atoms with Gasteiger partial charge in [-0.25, -0.2) is 13.8 Å². The summed E-state index contributed by atoms with van der Waals surface area (Å²) in [5.74, 6) is -0.0603. The molecule has 0 spiro atoms. The van der Waals surface area contributed by atoms with Crippen LogP contribution in [0.3, 0.4) is 0 Å². The van der Waals surface area contributed by atoms with Crippen LogP contribution in [0, 0.1) is 23.5 Å². The molecule has 5 rings (SSSR count). The lowest BCUT2D eigenvalue weighted by Crippen LogP contribution is -2.44. The molecule has 1 saturated carbocycles. The van der Waals surface area contributed by atoms with Gasteiger partial charge in [0.15, 0.2) is 0 Å². The molecule has 0 radical (unpaired) electrons. The SMILES string of the molecule is C=C(CC=NC=NC)CC(CN1C[C@H]2CC(Nc3ccc(Cc4ccccc4)cc3)C[C@H]2C1)(OCC)c1ccc(F)cc1F. The van der Waals surface area contributed by atoms with Crippen LogP contribution in [0.25, 0.3) is 0 Å². The molecular weight excluding hydrogens is 554 g/mol. The van der Waals surface area contributed by atoms with Gasteiger partial charge in [0.2, 0.25) is 0 Å². The van der Waals surface area contributed by atoms with E-state index in [1.807, 2.05) is 13.0 Å². The van der Waals surface area contributed by atoms with Gasteiger partial charge in [-0.2, -0.15) is 0 Å². The fourth-order valence-corrected chi connectivity index (χ4v) is 7.11. The third kappa shape index (κ3) is 8.07. The van der Waals surface area contributed by atoms with Gasteiger partial charge in [0.1, 0.15) is 23.6 Å². The van der Waals surface area contributed by atoms with Crippen molar-refractivity contribution in [3.8, 4) is 0 Å². The Hall–Kier alpha value is -3.68. The largest absolute Gasteiger partial charge is 0.382 e. The lowest BCUT2D eigenvalue weighted by atomic mass is 9.85. The molecule has 3 aromatic carbocycles. The maximum absolute atomic E-state index is 15.3. The molecule has 1 saturated heterocycles. The number of likely N-dealkylation sites (tertiary alicyclic amines) is 1. The molecule has 1 N–H and O–H groups in total. The summed E-state index contributed by atoms with van der Waals surface area (Å²) in [6, 6.07) is 23.6. The number of hydrogen-bond donors (Lipinski definition) is 1. The van der Waals surface area contributed by atoms with E-state index in [1.54, 1.807) is 13.3 Å². The van der Waals surface area contributed by atoms with Gasteiger partial charge in [-0.15, -0.1) is 0 Å². The molecule has 0 amide bonds. The Kier molecular flexibility index (Phi) is 10.7. The lowest BCUT2D eigenvalue weighted by Gasteiger charge is -2.38. The molecule has 2 aliphatic rings. The average molecular weight is 599 g/mol. The first-order valence-electron chi connectivity index (χ1n) is 15.7. The predicted molar refractivity (Wildman–Crippen MR) is 177 cm³/mol. The van der Waals surface area contributed by atoms with Gasteiger partial charge in [-0.3, -0.25) is 9.89 Å². The number of rotatable bonds is 14. The standard InChI is InChI=1S/C37H44F2N4O/c1-4-44-37(22-27(2)16-17-41-26-40-3,35-15-12-32(38)21-36(35)39)25-43-23-30-19-34(20-31(30)24-43)42-33-13-10-29(11-14-33)18-28-8-6-5-7-9-28/h5-15,17,21,26,30-31,34,42H,2,4,16,18-20,22-25H2,1,3H3/t30-,31+,34?,37?. The Morgan fingerprint density at radius 1 is 1.02 bits per heavy atom. The second-order valence-electron chi connectivity index (χ2n) is 12.3. The van der Waals surface area contributed by atoms with Crippen molar-refractivity contribution in [2.75, 3.05) is 38.6 Å². The first-order valence-corrected chi connectivity index (χ1v) is 15.7. The Balaban J connectivity index is 1.23. The first-order chi connectivity index (χ1) is 21.4. The third-order valence-corrected chi connectivity index (χ3v) is 8.93. The summed E-state index contributed by atoms with van der Waals surface area (Å²) in [5, 5.41) is 3.78. The molecule has 5 nitrogen and oxygen atoms in total. The third-order valence-electron chi connectivity index (χ3n) is 8.93. The van der Waals surface area contributed by atoms with Crippen LogP contribution in [0.15, 0.2) is 94.9 Å². The number of anilines is 1. The molecule has 1 aliphatic carbocycles. The number of halogens is 2. The molecule has 2 fully saturated rings. The van der Waals surface area contributed by atoms with E-state index in [4.69, 9.17) is 4.74 Å². The summed E-state index contributed by atoms with van der Waals surface area (Å²) < 4.78 is 35.7. The quantitative estimate of drug-likeness (QED) is 0.118. The van der Waals surface area contributed by atoms with Crippen LogP contribution in [0.2, 0.25) is 0 Å². The van der Waals surface area contributed by atoms with Gasteiger partial charge in [-0.1, -0.05) is 60.7 Å². The molecule has 1 heterocycles. The van der Waals surface area contributed by atoms with Crippen LogP contribution in [0.1, 0.15) is 49.3 Å². The highest BCUT2D eigenvalue weighted by atomic mass is 19.1. The van der Waals surface area contributed by atoms with Crippen LogP contribution < -0.4 is 5.32 Å². The zero-order valence-corrected chi connectivity index (χ0v) is 25.9. The monoisotopic (exact) mass is 598 g/mol. The van der Waals surface area contributed by atoms with E-state index in [1.165, 1.54) is 29.6 Å². The number of benzene rings is 3. The number of fused-ring (bicyclic) bond motifs is 1. The number of aliphatic imine (C=N–C) groups is 2. The molecule has 7 heteroatoms.